The van der Waals surface area contributed by atoms with E-state index in [9.17, 15) is 9.59 Å². The molecule has 0 bridgehead atoms. The zero-order valence-corrected chi connectivity index (χ0v) is 15.2. The van der Waals surface area contributed by atoms with Gasteiger partial charge in [-0.1, -0.05) is 41.4 Å². The van der Waals surface area contributed by atoms with Crippen LogP contribution in [0.2, 0.25) is 10.0 Å². The van der Waals surface area contributed by atoms with Crippen LogP contribution in [0.1, 0.15) is 23.1 Å². The average Bonchev–Trinajstić information content (AvgIpc) is 2.57. The molecule has 0 heterocycles. The van der Waals surface area contributed by atoms with Gasteiger partial charge >= 0.3 is 5.97 Å². The molecule has 7 heteroatoms. The summed E-state index contributed by atoms with van der Waals surface area (Å²) >= 11 is 11.8. The van der Waals surface area contributed by atoms with Gasteiger partial charge in [-0.2, -0.15) is 5.26 Å². The molecule has 134 valence electrons. The minimum atomic E-state index is -1.01. The monoisotopic (exact) mass is 390 g/mol. The zero-order valence-electron chi connectivity index (χ0n) is 13.7. The van der Waals surface area contributed by atoms with Gasteiger partial charge in [0.2, 0.25) is 5.91 Å². The van der Waals surface area contributed by atoms with Gasteiger partial charge in [0.05, 0.1) is 34.5 Å². The smallest absolute Gasteiger partial charge is 0.305 e. The number of carboxylic acids is 1. The maximum Gasteiger partial charge on any atom is 0.305 e. The highest BCUT2D eigenvalue weighted by Gasteiger charge is 2.17. The molecular formula is C19H16Cl2N2O3. The molecule has 5 nitrogen and oxygen atoms in total. The summed E-state index contributed by atoms with van der Waals surface area (Å²) in [6.45, 7) is 0. The van der Waals surface area contributed by atoms with Crippen molar-refractivity contribution < 1.29 is 14.7 Å². The van der Waals surface area contributed by atoms with Crippen molar-refractivity contribution in [2.45, 2.75) is 25.3 Å². The van der Waals surface area contributed by atoms with E-state index in [0.717, 1.165) is 5.56 Å². The summed E-state index contributed by atoms with van der Waals surface area (Å²) in [5, 5.41) is 21.5. The maximum absolute atomic E-state index is 12.3. The van der Waals surface area contributed by atoms with Crippen LogP contribution in [0, 0.1) is 11.3 Å². The first-order chi connectivity index (χ1) is 12.4. The Morgan fingerprint density at radius 2 is 1.88 bits per heavy atom. The molecule has 0 saturated carbocycles. The maximum atomic E-state index is 12.3. The van der Waals surface area contributed by atoms with E-state index < -0.39 is 12.0 Å². The number of hydrogen-bond donors (Lipinski definition) is 2. The third-order valence-electron chi connectivity index (χ3n) is 3.67. The number of nitrogens with one attached hydrogen (secondary N) is 1. The number of carboxylic acid groups (broad SMARTS) is 1. The van der Waals surface area contributed by atoms with Gasteiger partial charge in [-0.15, -0.1) is 0 Å². The molecule has 2 N–H and O–H groups in total. The molecule has 0 radical (unpaired) electrons. The molecule has 0 spiro atoms. The standard InChI is InChI=1S/C19H16Cl2N2O3/c20-16-5-4-13(8-17(16)21)9-18(24)23-15(10-19(25)26)7-12-2-1-3-14(6-12)11-22/h1-6,8,15H,7,9-10H2,(H,23,24)(H,25,26). The van der Waals surface area contributed by atoms with E-state index in [-0.39, 0.29) is 18.7 Å². The molecule has 26 heavy (non-hydrogen) atoms. The Kier molecular flexibility index (Phi) is 7.02. The Morgan fingerprint density at radius 3 is 2.54 bits per heavy atom. The highest BCUT2D eigenvalue weighted by Crippen LogP contribution is 2.22. The number of halogens is 2. The van der Waals surface area contributed by atoms with Crippen LogP contribution in [0.5, 0.6) is 0 Å². The van der Waals surface area contributed by atoms with E-state index in [1.54, 1.807) is 42.5 Å². The molecule has 0 aliphatic rings. The number of carbonyl (C=O) groups is 2. The molecule has 0 aromatic heterocycles. The van der Waals surface area contributed by atoms with E-state index >= 15 is 0 Å². The molecular weight excluding hydrogens is 375 g/mol. The van der Waals surface area contributed by atoms with Crippen molar-refractivity contribution in [1.82, 2.24) is 5.32 Å². The first-order valence-electron chi connectivity index (χ1n) is 7.81. The van der Waals surface area contributed by atoms with Crippen LogP contribution in [-0.4, -0.2) is 23.0 Å². The van der Waals surface area contributed by atoms with Crippen LogP contribution in [0.4, 0.5) is 0 Å². The van der Waals surface area contributed by atoms with Crippen LogP contribution in [0.3, 0.4) is 0 Å². The molecule has 1 atom stereocenters. The highest BCUT2D eigenvalue weighted by atomic mass is 35.5. The Hall–Kier alpha value is -2.55. The normalized spacial score (nSPS) is 11.4. The highest BCUT2D eigenvalue weighted by molar-refractivity contribution is 6.42. The van der Waals surface area contributed by atoms with E-state index in [2.05, 4.69) is 5.32 Å². The summed E-state index contributed by atoms with van der Waals surface area (Å²) in [5.74, 6) is -1.33. The van der Waals surface area contributed by atoms with E-state index in [1.165, 1.54) is 0 Å². The molecule has 1 amide bonds. The minimum Gasteiger partial charge on any atom is -0.481 e. The zero-order chi connectivity index (χ0) is 19.1. The van der Waals surface area contributed by atoms with Gasteiger partial charge in [0.1, 0.15) is 0 Å². The summed E-state index contributed by atoms with van der Waals surface area (Å²) in [6.07, 6.45) is 0.157. The Labute approximate surface area is 161 Å². The second kappa shape index (κ2) is 9.23. The minimum absolute atomic E-state index is 0.0608. The Balaban J connectivity index is 2.06. The number of benzene rings is 2. The molecule has 0 fully saturated rings. The Morgan fingerprint density at radius 1 is 1.12 bits per heavy atom. The Bertz CT molecular complexity index is 862. The third-order valence-corrected chi connectivity index (χ3v) is 4.41. The summed E-state index contributed by atoms with van der Waals surface area (Å²) in [7, 11) is 0. The van der Waals surface area contributed by atoms with Gasteiger partial charge in [0.15, 0.2) is 0 Å². The molecule has 1 unspecified atom stereocenters. The largest absolute Gasteiger partial charge is 0.481 e. The molecule has 2 aromatic rings. The number of aliphatic carboxylic acids is 1. The molecule has 0 aliphatic heterocycles. The van der Waals surface area contributed by atoms with Gasteiger partial charge in [-0.25, -0.2) is 0 Å². The predicted octanol–water partition coefficient (Wildman–Crippen LogP) is 3.61. The molecule has 0 saturated heterocycles. The lowest BCUT2D eigenvalue weighted by Gasteiger charge is -2.17. The number of rotatable bonds is 7. The number of nitriles is 1. The number of amides is 1. The van der Waals surface area contributed by atoms with Crippen molar-refractivity contribution in [3.63, 3.8) is 0 Å². The third kappa shape index (κ3) is 6.07. The van der Waals surface area contributed by atoms with Crippen molar-refractivity contribution in [3.05, 3.63) is 69.2 Å². The first-order valence-corrected chi connectivity index (χ1v) is 8.57. The van der Waals surface area contributed by atoms with Gasteiger partial charge in [0, 0.05) is 6.04 Å². The lowest BCUT2D eigenvalue weighted by molar-refractivity contribution is -0.137. The fraction of sp³-hybridized carbons (Fsp3) is 0.211. The van der Waals surface area contributed by atoms with Crippen molar-refractivity contribution in [2.24, 2.45) is 0 Å². The van der Waals surface area contributed by atoms with E-state index in [0.29, 0.717) is 27.6 Å². The van der Waals surface area contributed by atoms with Crippen LogP contribution in [0.25, 0.3) is 0 Å². The van der Waals surface area contributed by atoms with Gasteiger partial charge in [-0.05, 0) is 41.8 Å². The van der Waals surface area contributed by atoms with E-state index in [1.807, 2.05) is 6.07 Å². The summed E-state index contributed by atoms with van der Waals surface area (Å²) in [6, 6.07) is 13.2. The topological polar surface area (TPSA) is 90.2 Å². The number of hydrogen-bond acceptors (Lipinski definition) is 3. The lowest BCUT2D eigenvalue weighted by atomic mass is 10.0. The van der Waals surface area contributed by atoms with Crippen molar-refractivity contribution in [3.8, 4) is 6.07 Å². The van der Waals surface area contributed by atoms with Gasteiger partial charge in [-0.3, -0.25) is 9.59 Å². The predicted molar refractivity (Wildman–Crippen MR) is 99.2 cm³/mol. The van der Waals surface area contributed by atoms with Crippen LogP contribution in [-0.2, 0) is 22.4 Å². The average molecular weight is 391 g/mol. The fourth-order valence-corrected chi connectivity index (χ4v) is 2.87. The molecule has 2 rings (SSSR count). The second-order valence-electron chi connectivity index (χ2n) is 5.80. The fourth-order valence-electron chi connectivity index (χ4n) is 2.55. The number of nitrogens with zero attached hydrogens (tertiary/aromatic N) is 1. The quantitative estimate of drug-likeness (QED) is 0.755. The summed E-state index contributed by atoms with van der Waals surface area (Å²) in [4.78, 5) is 23.4. The van der Waals surface area contributed by atoms with Crippen LogP contribution < -0.4 is 5.32 Å². The van der Waals surface area contributed by atoms with Crippen molar-refractivity contribution in [2.75, 3.05) is 0 Å². The number of carbonyl (C=O) groups excluding carboxylic acids is 1. The first kappa shape index (κ1) is 19.8. The van der Waals surface area contributed by atoms with Crippen LogP contribution >= 0.6 is 23.2 Å². The van der Waals surface area contributed by atoms with Gasteiger partial charge in [0.25, 0.3) is 0 Å². The second-order valence-corrected chi connectivity index (χ2v) is 6.62. The van der Waals surface area contributed by atoms with Crippen LogP contribution in [0.15, 0.2) is 42.5 Å². The summed E-state index contributed by atoms with van der Waals surface area (Å²) in [5.41, 5.74) is 1.95. The van der Waals surface area contributed by atoms with Crippen molar-refractivity contribution >= 4 is 35.1 Å². The molecule has 2 aromatic carbocycles. The van der Waals surface area contributed by atoms with Crippen molar-refractivity contribution in [1.29, 1.82) is 5.26 Å². The lowest BCUT2D eigenvalue weighted by Crippen LogP contribution is -2.39. The molecule has 0 aliphatic carbocycles. The van der Waals surface area contributed by atoms with E-state index in [4.69, 9.17) is 33.6 Å². The van der Waals surface area contributed by atoms with Gasteiger partial charge < -0.3 is 10.4 Å². The SMILES string of the molecule is N#Cc1cccc(CC(CC(=O)O)NC(=O)Cc2ccc(Cl)c(Cl)c2)c1. The summed E-state index contributed by atoms with van der Waals surface area (Å²) < 4.78 is 0.